The van der Waals surface area contributed by atoms with Gasteiger partial charge < -0.3 is 9.32 Å². The standard InChI is InChI=1S/C27H21N3O2/c31-27(22-10-11-25-26(16-22)29-14-13-28-25)30(17-20-12-15-32-19-20)18-23-8-4-5-9-24(23)21-6-2-1-3-7-21/h1-16,19H,17-18H2. The Morgan fingerprint density at radius 3 is 2.41 bits per heavy atom. The SMILES string of the molecule is O=C(c1ccc2nccnc2c1)N(Cc1ccoc1)Cc1ccccc1-c1ccccc1. The Morgan fingerprint density at radius 1 is 0.812 bits per heavy atom. The molecular weight excluding hydrogens is 398 g/mol. The van der Waals surface area contributed by atoms with E-state index in [0.29, 0.717) is 24.2 Å². The zero-order valence-electron chi connectivity index (χ0n) is 17.4. The number of amides is 1. The predicted octanol–water partition coefficient (Wildman–Crippen LogP) is 5.73. The number of fused-ring (bicyclic) bond motifs is 1. The highest BCUT2D eigenvalue weighted by Gasteiger charge is 2.19. The van der Waals surface area contributed by atoms with Crippen LogP contribution < -0.4 is 0 Å². The number of furan rings is 1. The van der Waals surface area contributed by atoms with Crippen LogP contribution in [0.4, 0.5) is 0 Å². The van der Waals surface area contributed by atoms with Crippen LogP contribution in [0.5, 0.6) is 0 Å². The van der Waals surface area contributed by atoms with Crippen molar-refractivity contribution in [3.05, 3.63) is 120 Å². The fourth-order valence-electron chi connectivity index (χ4n) is 3.84. The summed E-state index contributed by atoms with van der Waals surface area (Å²) in [6.07, 6.45) is 6.59. The molecule has 0 aliphatic carbocycles. The molecule has 0 spiro atoms. The molecule has 5 aromatic rings. The molecule has 0 fully saturated rings. The smallest absolute Gasteiger partial charge is 0.254 e. The van der Waals surface area contributed by atoms with Gasteiger partial charge in [-0.1, -0.05) is 54.6 Å². The van der Waals surface area contributed by atoms with Crippen LogP contribution in [-0.2, 0) is 13.1 Å². The van der Waals surface area contributed by atoms with E-state index in [9.17, 15) is 4.79 Å². The minimum absolute atomic E-state index is 0.0679. The zero-order valence-corrected chi connectivity index (χ0v) is 17.4. The summed E-state index contributed by atoms with van der Waals surface area (Å²) in [4.78, 5) is 24.1. The molecule has 0 aliphatic rings. The summed E-state index contributed by atoms with van der Waals surface area (Å²) >= 11 is 0. The Kier molecular flexibility index (Phi) is 5.45. The highest BCUT2D eigenvalue weighted by molar-refractivity contribution is 5.97. The number of carbonyl (C=O) groups excluding carboxylic acids is 1. The van der Waals surface area contributed by atoms with Gasteiger partial charge in [-0.2, -0.15) is 0 Å². The largest absolute Gasteiger partial charge is 0.472 e. The normalized spacial score (nSPS) is 10.9. The molecule has 1 amide bonds. The molecule has 0 aliphatic heterocycles. The first-order chi connectivity index (χ1) is 15.8. The lowest BCUT2D eigenvalue weighted by molar-refractivity contribution is 0.0730. The zero-order chi connectivity index (χ0) is 21.8. The van der Waals surface area contributed by atoms with Gasteiger partial charge in [-0.3, -0.25) is 14.8 Å². The van der Waals surface area contributed by atoms with Crippen LogP contribution in [-0.4, -0.2) is 20.8 Å². The highest BCUT2D eigenvalue weighted by atomic mass is 16.3. The van der Waals surface area contributed by atoms with E-state index in [1.54, 1.807) is 31.0 Å². The molecule has 32 heavy (non-hydrogen) atoms. The van der Waals surface area contributed by atoms with Crippen molar-refractivity contribution in [2.75, 3.05) is 0 Å². The van der Waals surface area contributed by atoms with Crippen molar-refractivity contribution < 1.29 is 9.21 Å². The average Bonchev–Trinajstić information content (AvgIpc) is 3.37. The van der Waals surface area contributed by atoms with E-state index in [1.165, 1.54) is 0 Å². The Labute approximate surface area is 186 Å². The summed E-state index contributed by atoms with van der Waals surface area (Å²) in [6, 6.07) is 25.8. The molecule has 0 atom stereocenters. The van der Waals surface area contributed by atoms with Gasteiger partial charge in [0.25, 0.3) is 5.91 Å². The number of nitrogens with zero attached hydrogens (tertiary/aromatic N) is 3. The second-order valence-electron chi connectivity index (χ2n) is 7.58. The van der Waals surface area contributed by atoms with Crippen molar-refractivity contribution in [3.63, 3.8) is 0 Å². The number of rotatable bonds is 6. The first-order valence-electron chi connectivity index (χ1n) is 10.4. The van der Waals surface area contributed by atoms with Crippen LogP contribution >= 0.6 is 0 Å². The van der Waals surface area contributed by atoms with Crippen molar-refractivity contribution in [1.29, 1.82) is 0 Å². The Morgan fingerprint density at radius 2 is 1.59 bits per heavy atom. The number of carbonyl (C=O) groups is 1. The fraction of sp³-hybridized carbons (Fsp3) is 0.0741. The van der Waals surface area contributed by atoms with Crippen LogP contribution in [0.1, 0.15) is 21.5 Å². The quantitative estimate of drug-likeness (QED) is 0.353. The fourth-order valence-corrected chi connectivity index (χ4v) is 3.84. The molecule has 0 N–H and O–H groups in total. The molecule has 0 saturated carbocycles. The highest BCUT2D eigenvalue weighted by Crippen LogP contribution is 2.26. The maximum absolute atomic E-state index is 13.6. The van der Waals surface area contributed by atoms with Gasteiger partial charge in [0.05, 0.1) is 23.6 Å². The van der Waals surface area contributed by atoms with Gasteiger partial charge in [0, 0.05) is 36.6 Å². The molecule has 5 nitrogen and oxygen atoms in total. The molecule has 5 rings (SSSR count). The first kappa shape index (κ1) is 19.7. The second kappa shape index (κ2) is 8.86. The van der Waals surface area contributed by atoms with Crippen LogP contribution in [0.2, 0.25) is 0 Å². The first-order valence-corrected chi connectivity index (χ1v) is 10.4. The molecule has 156 valence electrons. The summed E-state index contributed by atoms with van der Waals surface area (Å²) in [5.41, 5.74) is 6.30. The van der Waals surface area contributed by atoms with Gasteiger partial charge in [-0.05, 0) is 41.0 Å². The number of hydrogen-bond donors (Lipinski definition) is 0. The third-order valence-corrected chi connectivity index (χ3v) is 5.42. The predicted molar refractivity (Wildman–Crippen MR) is 124 cm³/mol. The summed E-state index contributed by atoms with van der Waals surface area (Å²) in [5, 5.41) is 0. The molecular formula is C27H21N3O2. The van der Waals surface area contributed by atoms with Gasteiger partial charge in [-0.15, -0.1) is 0 Å². The van der Waals surface area contributed by atoms with E-state index >= 15 is 0 Å². The van der Waals surface area contributed by atoms with Gasteiger partial charge in [-0.25, -0.2) is 0 Å². The van der Waals surface area contributed by atoms with Crippen LogP contribution in [0.25, 0.3) is 22.2 Å². The molecule has 5 heteroatoms. The van der Waals surface area contributed by atoms with Crippen molar-refractivity contribution in [3.8, 4) is 11.1 Å². The lowest BCUT2D eigenvalue weighted by atomic mass is 9.99. The van der Waals surface area contributed by atoms with E-state index < -0.39 is 0 Å². The van der Waals surface area contributed by atoms with E-state index in [-0.39, 0.29) is 5.91 Å². The monoisotopic (exact) mass is 419 g/mol. The van der Waals surface area contributed by atoms with Crippen LogP contribution in [0.3, 0.4) is 0 Å². The molecule has 2 aromatic heterocycles. The minimum atomic E-state index is -0.0679. The van der Waals surface area contributed by atoms with Crippen molar-refractivity contribution >= 4 is 16.9 Å². The molecule has 0 bridgehead atoms. The average molecular weight is 419 g/mol. The molecule has 0 unspecified atom stereocenters. The third kappa shape index (κ3) is 4.14. The maximum Gasteiger partial charge on any atom is 0.254 e. The van der Waals surface area contributed by atoms with E-state index in [4.69, 9.17) is 4.42 Å². The summed E-state index contributed by atoms with van der Waals surface area (Å²) in [6.45, 7) is 0.907. The number of aromatic nitrogens is 2. The Hall–Kier alpha value is -4.25. The van der Waals surface area contributed by atoms with Crippen LogP contribution in [0.15, 0.2) is 108 Å². The van der Waals surface area contributed by atoms with Crippen molar-refractivity contribution in [2.24, 2.45) is 0 Å². The number of hydrogen-bond acceptors (Lipinski definition) is 4. The molecule has 0 radical (unpaired) electrons. The molecule has 3 aromatic carbocycles. The van der Waals surface area contributed by atoms with Gasteiger partial charge >= 0.3 is 0 Å². The maximum atomic E-state index is 13.6. The summed E-state index contributed by atoms with van der Waals surface area (Å²) in [7, 11) is 0. The number of benzene rings is 3. The second-order valence-corrected chi connectivity index (χ2v) is 7.58. The van der Waals surface area contributed by atoms with E-state index in [1.807, 2.05) is 53.4 Å². The molecule has 2 heterocycles. The molecule has 0 saturated heterocycles. The lowest BCUT2D eigenvalue weighted by Gasteiger charge is -2.24. The van der Waals surface area contributed by atoms with Gasteiger partial charge in [0.15, 0.2) is 0 Å². The van der Waals surface area contributed by atoms with E-state index in [0.717, 1.165) is 27.8 Å². The third-order valence-electron chi connectivity index (χ3n) is 5.42. The lowest BCUT2D eigenvalue weighted by Crippen LogP contribution is -2.30. The minimum Gasteiger partial charge on any atom is -0.472 e. The Bertz CT molecular complexity index is 1350. The van der Waals surface area contributed by atoms with Crippen molar-refractivity contribution in [2.45, 2.75) is 13.1 Å². The van der Waals surface area contributed by atoms with E-state index in [2.05, 4.69) is 34.2 Å². The Balaban J connectivity index is 1.51. The van der Waals surface area contributed by atoms with Gasteiger partial charge in [0.1, 0.15) is 0 Å². The van der Waals surface area contributed by atoms with Crippen molar-refractivity contribution in [1.82, 2.24) is 14.9 Å². The van der Waals surface area contributed by atoms with Crippen LogP contribution in [0, 0.1) is 0 Å². The summed E-state index contributed by atoms with van der Waals surface area (Å²) < 4.78 is 5.25. The topological polar surface area (TPSA) is 59.2 Å². The van der Waals surface area contributed by atoms with Gasteiger partial charge in [0.2, 0.25) is 0 Å². The summed E-state index contributed by atoms with van der Waals surface area (Å²) in [5.74, 6) is -0.0679.